The minimum atomic E-state index is -0.0272. The van der Waals surface area contributed by atoms with Crippen LogP contribution in [0.2, 0.25) is 5.02 Å². The van der Waals surface area contributed by atoms with Gasteiger partial charge in [-0.1, -0.05) is 24.1 Å². The van der Waals surface area contributed by atoms with E-state index in [2.05, 4.69) is 10.3 Å². The van der Waals surface area contributed by atoms with Crippen LogP contribution in [-0.4, -0.2) is 16.9 Å². The van der Waals surface area contributed by atoms with Crippen molar-refractivity contribution >= 4 is 48.0 Å². The van der Waals surface area contributed by atoms with Crippen molar-refractivity contribution in [3.8, 4) is 5.75 Å². The third kappa shape index (κ3) is 6.85. The number of amides is 1. The highest BCUT2D eigenvalue weighted by Gasteiger charge is 2.26. The SMILES string of the molecule is Cl.Cl.N[C@@H]1CCC[C@H]1CC(=O)Nc1ccc(OCc2ccccn2)c(Cl)c1. The van der Waals surface area contributed by atoms with E-state index < -0.39 is 0 Å². The molecule has 1 saturated carbocycles. The lowest BCUT2D eigenvalue weighted by atomic mass is 10.00. The van der Waals surface area contributed by atoms with Gasteiger partial charge in [0.1, 0.15) is 12.4 Å². The molecule has 3 rings (SSSR count). The average molecular weight is 433 g/mol. The zero-order valence-electron chi connectivity index (χ0n) is 14.8. The summed E-state index contributed by atoms with van der Waals surface area (Å²) < 4.78 is 5.68. The molecule has 1 aromatic carbocycles. The zero-order chi connectivity index (χ0) is 17.6. The normalized spacial score (nSPS) is 18.1. The smallest absolute Gasteiger partial charge is 0.224 e. The van der Waals surface area contributed by atoms with Gasteiger partial charge in [-0.2, -0.15) is 0 Å². The Balaban J connectivity index is 0.00000182. The van der Waals surface area contributed by atoms with Crippen molar-refractivity contribution in [3.63, 3.8) is 0 Å². The van der Waals surface area contributed by atoms with Crippen LogP contribution in [0.25, 0.3) is 0 Å². The van der Waals surface area contributed by atoms with Crippen LogP contribution < -0.4 is 15.8 Å². The predicted molar refractivity (Wildman–Crippen MR) is 113 cm³/mol. The summed E-state index contributed by atoms with van der Waals surface area (Å²) in [6.45, 7) is 0.339. The number of nitrogens with two attached hydrogens (primary N) is 1. The monoisotopic (exact) mass is 431 g/mol. The second-order valence-electron chi connectivity index (χ2n) is 6.36. The molecule has 0 unspecified atom stereocenters. The molecule has 1 heterocycles. The molecular formula is C19H24Cl3N3O2. The van der Waals surface area contributed by atoms with Crippen LogP contribution in [-0.2, 0) is 11.4 Å². The van der Waals surface area contributed by atoms with Crippen LogP contribution in [0, 0.1) is 5.92 Å². The Morgan fingerprint density at radius 3 is 2.70 bits per heavy atom. The van der Waals surface area contributed by atoms with E-state index in [1.54, 1.807) is 24.4 Å². The van der Waals surface area contributed by atoms with Crippen molar-refractivity contribution in [3.05, 3.63) is 53.3 Å². The summed E-state index contributed by atoms with van der Waals surface area (Å²) in [5.41, 5.74) is 7.51. The fraction of sp³-hybridized carbons (Fsp3) is 0.368. The first kappa shape index (κ1) is 23.5. The number of aromatic nitrogens is 1. The summed E-state index contributed by atoms with van der Waals surface area (Å²) in [5, 5.41) is 3.33. The molecule has 148 valence electrons. The van der Waals surface area contributed by atoms with Gasteiger partial charge >= 0.3 is 0 Å². The third-order valence-electron chi connectivity index (χ3n) is 4.48. The van der Waals surface area contributed by atoms with Crippen LogP contribution in [0.3, 0.4) is 0 Å². The fourth-order valence-electron chi connectivity index (χ4n) is 3.10. The lowest BCUT2D eigenvalue weighted by molar-refractivity contribution is -0.117. The lowest BCUT2D eigenvalue weighted by Crippen LogP contribution is -2.28. The van der Waals surface area contributed by atoms with Crippen molar-refractivity contribution in [1.29, 1.82) is 0 Å². The topological polar surface area (TPSA) is 77.2 Å². The number of carbonyl (C=O) groups is 1. The molecule has 1 amide bonds. The summed E-state index contributed by atoms with van der Waals surface area (Å²) in [5.74, 6) is 0.806. The number of pyridine rings is 1. The number of halogens is 3. The highest BCUT2D eigenvalue weighted by Crippen LogP contribution is 2.30. The van der Waals surface area contributed by atoms with E-state index in [9.17, 15) is 4.79 Å². The van der Waals surface area contributed by atoms with Gasteiger partial charge in [-0.3, -0.25) is 9.78 Å². The maximum absolute atomic E-state index is 12.2. The van der Waals surface area contributed by atoms with Crippen LogP contribution in [0.5, 0.6) is 5.75 Å². The summed E-state index contributed by atoms with van der Waals surface area (Å²) in [4.78, 5) is 16.4. The molecule has 0 aliphatic heterocycles. The third-order valence-corrected chi connectivity index (χ3v) is 4.78. The van der Waals surface area contributed by atoms with E-state index in [0.717, 1.165) is 25.0 Å². The Hall–Kier alpha value is -1.53. The van der Waals surface area contributed by atoms with E-state index in [0.29, 0.717) is 29.5 Å². The van der Waals surface area contributed by atoms with E-state index in [-0.39, 0.29) is 42.7 Å². The van der Waals surface area contributed by atoms with Crippen LogP contribution in [0.1, 0.15) is 31.4 Å². The van der Waals surface area contributed by atoms with Gasteiger partial charge in [-0.15, -0.1) is 24.8 Å². The summed E-state index contributed by atoms with van der Waals surface area (Å²) in [7, 11) is 0. The number of anilines is 1. The van der Waals surface area contributed by atoms with Crippen LogP contribution in [0.4, 0.5) is 5.69 Å². The Kier molecular flexibility index (Phi) is 9.88. The van der Waals surface area contributed by atoms with Gasteiger partial charge in [0.25, 0.3) is 0 Å². The molecule has 1 aromatic heterocycles. The summed E-state index contributed by atoms with van der Waals surface area (Å²) >= 11 is 6.26. The Bertz CT molecular complexity index is 731. The largest absolute Gasteiger partial charge is 0.486 e. The van der Waals surface area contributed by atoms with Crippen molar-refractivity contribution in [2.45, 2.75) is 38.3 Å². The molecule has 0 bridgehead atoms. The first-order chi connectivity index (χ1) is 12.1. The van der Waals surface area contributed by atoms with Gasteiger partial charge in [0.15, 0.2) is 0 Å². The first-order valence-corrected chi connectivity index (χ1v) is 8.87. The summed E-state index contributed by atoms with van der Waals surface area (Å²) in [6, 6.07) is 11.0. The highest BCUT2D eigenvalue weighted by atomic mass is 35.5. The van der Waals surface area contributed by atoms with E-state index in [1.807, 2.05) is 18.2 Å². The summed E-state index contributed by atoms with van der Waals surface area (Å²) in [6.07, 6.45) is 5.31. The van der Waals surface area contributed by atoms with E-state index in [4.69, 9.17) is 22.1 Å². The zero-order valence-corrected chi connectivity index (χ0v) is 17.2. The molecule has 2 aromatic rings. The molecule has 0 spiro atoms. The Labute approximate surface area is 176 Å². The minimum absolute atomic E-state index is 0. The number of rotatable bonds is 6. The number of ether oxygens (including phenoxy) is 1. The molecule has 1 aliphatic carbocycles. The molecule has 0 radical (unpaired) electrons. The maximum Gasteiger partial charge on any atom is 0.224 e. The molecule has 3 N–H and O–H groups in total. The molecule has 1 aliphatic rings. The number of hydrogen-bond donors (Lipinski definition) is 2. The number of carbonyl (C=O) groups excluding carboxylic acids is 1. The van der Waals surface area contributed by atoms with Crippen LogP contribution in [0.15, 0.2) is 42.6 Å². The molecule has 5 nitrogen and oxygen atoms in total. The highest BCUT2D eigenvalue weighted by molar-refractivity contribution is 6.32. The molecular weight excluding hydrogens is 409 g/mol. The standard InChI is InChI=1S/C19H22ClN3O2.2ClH/c20-16-11-14(23-19(24)10-13-4-3-6-17(13)21)7-8-18(16)25-12-15-5-1-2-9-22-15;;/h1-2,5,7-9,11,13,17H,3-4,6,10,12,21H2,(H,23,24);2*1H/t13-,17+;;/m0../s1. The van der Waals surface area contributed by atoms with Crippen molar-refractivity contribution < 1.29 is 9.53 Å². The average Bonchev–Trinajstić information content (AvgIpc) is 3.00. The second-order valence-corrected chi connectivity index (χ2v) is 6.77. The van der Waals surface area contributed by atoms with Gasteiger partial charge in [-0.25, -0.2) is 0 Å². The maximum atomic E-state index is 12.2. The Morgan fingerprint density at radius 2 is 2.07 bits per heavy atom. The molecule has 1 fully saturated rings. The van der Waals surface area contributed by atoms with Gasteiger partial charge in [0.2, 0.25) is 5.91 Å². The molecule has 2 atom stereocenters. The fourth-order valence-corrected chi connectivity index (χ4v) is 3.34. The number of nitrogens with zero attached hydrogens (tertiary/aromatic N) is 1. The number of benzene rings is 1. The molecule has 8 heteroatoms. The minimum Gasteiger partial charge on any atom is -0.486 e. The predicted octanol–water partition coefficient (Wildman–Crippen LogP) is 4.61. The van der Waals surface area contributed by atoms with Crippen LogP contribution >= 0.6 is 36.4 Å². The first-order valence-electron chi connectivity index (χ1n) is 8.49. The second kappa shape index (κ2) is 11.3. The van der Waals surface area contributed by atoms with Gasteiger partial charge in [0.05, 0.1) is 10.7 Å². The van der Waals surface area contributed by atoms with Gasteiger partial charge in [-0.05, 0) is 49.1 Å². The number of hydrogen-bond acceptors (Lipinski definition) is 4. The number of nitrogens with one attached hydrogen (secondary N) is 1. The van der Waals surface area contributed by atoms with E-state index in [1.165, 1.54) is 0 Å². The van der Waals surface area contributed by atoms with Gasteiger partial charge < -0.3 is 15.8 Å². The Morgan fingerprint density at radius 1 is 1.26 bits per heavy atom. The van der Waals surface area contributed by atoms with E-state index >= 15 is 0 Å². The lowest BCUT2D eigenvalue weighted by Gasteiger charge is -2.15. The van der Waals surface area contributed by atoms with Gasteiger partial charge in [0, 0.05) is 24.3 Å². The van der Waals surface area contributed by atoms with Crippen molar-refractivity contribution in [1.82, 2.24) is 4.98 Å². The quantitative estimate of drug-likeness (QED) is 0.698. The molecule has 0 saturated heterocycles. The van der Waals surface area contributed by atoms with Crippen molar-refractivity contribution in [2.75, 3.05) is 5.32 Å². The molecule has 27 heavy (non-hydrogen) atoms. The van der Waals surface area contributed by atoms with Crippen molar-refractivity contribution in [2.24, 2.45) is 11.7 Å².